The van der Waals surface area contributed by atoms with Crippen molar-refractivity contribution in [1.82, 2.24) is 0 Å². The van der Waals surface area contributed by atoms with Crippen molar-refractivity contribution in [2.75, 3.05) is 13.2 Å². The van der Waals surface area contributed by atoms with Gasteiger partial charge in [-0.3, -0.25) is 9.59 Å². The molecular weight excluding hydrogens is 304 g/mol. The minimum atomic E-state index is -0.550. The van der Waals surface area contributed by atoms with E-state index in [4.69, 9.17) is 9.47 Å². The maximum atomic E-state index is 11.7. The minimum Gasteiger partial charge on any atom is -0.465 e. The van der Waals surface area contributed by atoms with Crippen LogP contribution in [0.25, 0.3) is 5.57 Å². The molecule has 128 valence electrons. The van der Waals surface area contributed by atoms with Gasteiger partial charge in [0.25, 0.3) is 0 Å². The normalized spacial score (nSPS) is 15.5. The summed E-state index contributed by atoms with van der Waals surface area (Å²) in [6.45, 7) is 3.92. The molecule has 1 aromatic carbocycles. The molecule has 0 saturated carbocycles. The van der Waals surface area contributed by atoms with Gasteiger partial charge in [-0.2, -0.15) is 0 Å². The molecule has 4 heteroatoms. The van der Waals surface area contributed by atoms with Crippen molar-refractivity contribution in [1.29, 1.82) is 0 Å². The number of rotatable bonds is 7. The Morgan fingerprint density at radius 2 is 1.58 bits per heavy atom. The predicted octanol–water partition coefficient (Wildman–Crippen LogP) is 3.92. The van der Waals surface area contributed by atoms with E-state index in [1.165, 1.54) is 0 Å². The molecule has 0 aromatic heterocycles. The van der Waals surface area contributed by atoms with E-state index in [1.54, 1.807) is 13.8 Å². The summed E-state index contributed by atoms with van der Waals surface area (Å²) in [6.07, 6.45) is 7.33. The molecule has 0 spiro atoms. The third-order valence-corrected chi connectivity index (χ3v) is 4.16. The van der Waals surface area contributed by atoms with E-state index in [0.717, 1.165) is 11.1 Å². The molecule has 0 radical (unpaired) electrons. The topological polar surface area (TPSA) is 52.6 Å². The fraction of sp³-hybridized carbons (Fsp3) is 0.400. The van der Waals surface area contributed by atoms with E-state index in [1.807, 2.05) is 48.6 Å². The lowest BCUT2D eigenvalue weighted by Gasteiger charge is -2.36. The molecule has 1 aliphatic rings. The van der Waals surface area contributed by atoms with Gasteiger partial charge in [-0.1, -0.05) is 62.4 Å². The van der Waals surface area contributed by atoms with Gasteiger partial charge in [0.2, 0.25) is 0 Å². The lowest BCUT2D eigenvalue weighted by Crippen LogP contribution is -2.36. The molecule has 0 aliphatic heterocycles. The monoisotopic (exact) mass is 328 g/mol. The third kappa shape index (κ3) is 4.34. The van der Waals surface area contributed by atoms with Gasteiger partial charge in [0.1, 0.15) is 13.2 Å². The number of esters is 2. The number of benzene rings is 1. The highest BCUT2D eigenvalue weighted by atomic mass is 16.5. The van der Waals surface area contributed by atoms with Gasteiger partial charge in [0.15, 0.2) is 0 Å². The summed E-state index contributed by atoms with van der Waals surface area (Å²) in [5.74, 6) is -0.503. The molecule has 0 atom stereocenters. The smallest absolute Gasteiger partial charge is 0.305 e. The second-order valence-corrected chi connectivity index (χ2v) is 5.89. The van der Waals surface area contributed by atoms with Gasteiger partial charge in [-0.25, -0.2) is 0 Å². The molecule has 1 aliphatic carbocycles. The molecule has 0 heterocycles. The van der Waals surface area contributed by atoms with E-state index in [-0.39, 0.29) is 25.2 Å². The Bertz CT molecular complexity index is 608. The molecule has 0 amide bonds. The lowest BCUT2D eigenvalue weighted by molar-refractivity contribution is -0.151. The van der Waals surface area contributed by atoms with Crippen LogP contribution in [-0.4, -0.2) is 25.2 Å². The van der Waals surface area contributed by atoms with Crippen LogP contribution in [0.1, 0.15) is 38.7 Å². The Kier molecular flexibility index (Phi) is 6.36. The zero-order chi connectivity index (χ0) is 17.4. The second kappa shape index (κ2) is 8.48. The zero-order valence-corrected chi connectivity index (χ0v) is 14.3. The minimum absolute atomic E-state index is 0.196. The quantitative estimate of drug-likeness (QED) is 0.712. The van der Waals surface area contributed by atoms with Crippen molar-refractivity contribution in [3.05, 3.63) is 54.1 Å². The van der Waals surface area contributed by atoms with Crippen molar-refractivity contribution in [2.24, 2.45) is 5.41 Å². The van der Waals surface area contributed by atoms with E-state index < -0.39 is 5.41 Å². The fourth-order valence-electron chi connectivity index (χ4n) is 2.72. The SMILES string of the molecule is CCC(=O)OCC1(COC(=O)CC)CC=CC=C1c1ccccc1. The van der Waals surface area contributed by atoms with E-state index >= 15 is 0 Å². The molecule has 0 bridgehead atoms. The molecule has 2 rings (SSSR count). The number of allylic oxidation sites excluding steroid dienone is 3. The summed E-state index contributed by atoms with van der Waals surface area (Å²) in [5, 5.41) is 0. The molecule has 4 nitrogen and oxygen atoms in total. The second-order valence-electron chi connectivity index (χ2n) is 5.89. The number of hydrogen-bond donors (Lipinski definition) is 0. The first kappa shape index (κ1) is 18.0. The maximum Gasteiger partial charge on any atom is 0.305 e. The largest absolute Gasteiger partial charge is 0.465 e. The van der Waals surface area contributed by atoms with Crippen LogP contribution in [0, 0.1) is 5.41 Å². The van der Waals surface area contributed by atoms with Gasteiger partial charge >= 0.3 is 11.9 Å². The van der Waals surface area contributed by atoms with Crippen molar-refractivity contribution in [3.63, 3.8) is 0 Å². The Balaban J connectivity index is 2.31. The van der Waals surface area contributed by atoms with Crippen LogP contribution in [-0.2, 0) is 19.1 Å². The van der Waals surface area contributed by atoms with E-state index in [9.17, 15) is 9.59 Å². The maximum absolute atomic E-state index is 11.7. The van der Waals surface area contributed by atoms with Gasteiger partial charge in [-0.05, 0) is 17.6 Å². The molecule has 0 N–H and O–H groups in total. The summed E-state index contributed by atoms with van der Waals surface area (Å²) in [4.78, 5) is 23.3. The fourth-order valence-corrected chi connectivity index (χ4v) is 2.72. The summed E-state index contributed by atoms with van der Waals surface area (Å²) in [6, 6.07) is 9.93. The molecular formula is C20H24O4. The van der Waals surface area contributed by atoms with Gasteiger partial charge in [-0.15, -0.1) is 0 Å². The standard InChI is InChI=1S/C20H24O4/c1-3-18(21)23-14-20(15-24-19(22)4-2)13-9-8-12-17(20)16-10-6-5-7-11-16/h5-12H,3-4,13-15H2,1-2H3. The number of ether oxygens (including phenoxy) is 2. The summed E-state index contributed by atoms with van der Waals surface area (Å²) in [7, 11) is 0. The zero-order valence-electron chi connectivity index (χ0n) is 14.3. The first-order valence-corrected chi connectivity index (χ1v) is 8.35. The van der Waals surface area contributed by atoms with Gasteiger partial charge in [0.05, 0.1) is 5.41 Å². The first-order valence-electron chi connectivity index (χ1n) is 8.35. The Labute approximate surface area is 143 Å². The van der Waals surface area contributed by atoms with Crippen LogP contribution in [0.2, 0.25) is 0 Å². The number of carbonyl (C=O) groups excluding carboxylic acids is 2. The lowest BCUT2D eigenvalue weighted by atomic mass is 9.73. The van der Waals surface area contributed by atoms with Crippen LogP contribution >= 0.6 is 0 Å². The van der Waals surface area contributed by atoms with Crippen molar-refractivity contribution in [3.8, 4) is 0 Å². The molecule has 0 fully saturated rings. The summed E-state index contributed by atoms with van der Waals surface area (Å²) < 4.78 is 10.9. The Morgan fingerprint density at radius 3 is 2.12 bits per heavy atom. The molecule has 24 heavy (non-hydrogen) atoms. The van der Waals surface area contributed by atoms with Crippen LogP contribution in [0.15, 0.2) is 48.6 Å². The average Bonchev–Trinajstić information content (AvgIpc) is 2.65. The average molecular weight is 328 g/mol. The van der Waals surface area contributed by atoms with Crippen molar-refractivity contribution < 1.29 is 19.1 Å². The number of carbonyl (C=O) groups is 2. The first-order chi connectivity index (χ1) is 11.6. The third-order valence-electron chi connectivity index (χ3n) is 4.16. The Hall–Kier alpha value is -2.36. The summed E-state index contributed by atoms with van der Waals surface area (Å²) in [5.41, 5.74) is 1.52. The summed E-state index contributed by atoms with van der Waals surface area (Å²) >= 11 is 0. The molecule has 1 aromatic rings. The van der Waals surface area contributed by atoms with Gasteiger partial charge < -0.3 is 9.47 Å². The highest BCUT2D eigenvalue weighted by molar-refractivity contribution is 5.75. The Morgan fingerprint density at radius 1 is 1.00 bits per heavy atom. The van der Waals surface area contributed by atoms with Crippen LogP contribution < -0.4 is 0 Å². The van der Waals surface area contributed by atoms with Crippen LogP contribution in [0.3, 0.4) is 0 Å². The van der Waals surface area contributed by atoms with E-state index in [2.05, 4.69) is 0 Å². The molecule has 0 saturated heterocycles. The number of hydrogen-bond acceptors (Lipinski definition) is 4. The highest BCUT2D eigenvalue weighted by Crippen LogP contribution is 2.42. The van der Waals surface area contributed by atoms with Gasteiger partial charge in [0, 0.05) is 12.8 Å². The van der Waals surface area contributed by atoms with E-state index in [0.29, 0.717) is 19.3 Å². The van der Waals surface area contributed by atoms with Crippen molar-refractivity contribution >= 4 is 17.5 Å². The molecule has 0 unspecified atom stereocenters. The predicted molar refractivity (Wildman–Crippen MR) is 93.1 cm³/mol. The van der Waals surface area contributed by atoms with Crippen molar-refractivity contribution in [2.45, 2.75) is 33.1 Å². The van der Waals surface area contributed by atoms with Crippen LogP contribution in [0.5, 0.6) is 0 Å². The van der Waals surface area contributed by atoms with Crippen LogP contribution in [0.4, 0.5) is 0 Å². The highest BCUT2D eigenvalue weighted by Gasteiger charge is 2.38.